The molecule has 5 nitrogen and oxygen atoms in total. The Kier molecular flexibility index (Phi) is 5.17. The van der Waals surface area contributed by atoms with Crippen LogP contribution < -0.4 is 5.32 Å². The van der Waals surface area contributed by atoms with Gasteiger partial charge in [0, 0.05) is 18.0 Å². The van der Waals surface area contributed by atoms with E-state index in [0.29, 0.717) is 11.4 Å². The molecule has 6 heteroatoms. The predicted octanol–water partition coefficient (Wildman–Crippen LogP) is 3.43. The zero-order valence-corrected chi connectivity index (χ0v) is 12.7. The summed E-state index contributed by atoms with van der Waals surface area (Å²) < 4.78 is 0. The number of hydrogen-bond donors (Lipinski definition) is 1. The molecule has 0 aromatic heterocycles. The fraction of sp³-hybridized carbons (Fsp3) is 0.533. The number of nitro groups is 1. The molecule has 2 atom stereocenters. The molecule has 1 aliphatic rings. The highest BCUT2D eigenvalue weighted by atomic mass is 35.5. The number of nitro benzene ring substituents is 1. The fourth-order valence-electron chi connectivity index (χ4n) is 2.92. The third kappa shape index (κ3) is 3.53. The highest BCUT2D eigenvalue weighted by molar-refractivity contribution is 6.18. The number of halogens is 1. The molecule has 2 unspecified atom stereocenters. The van der Waals surface area contributed by atoms with Crippen molar-refractivity contribution in [3.63, 3.8) is 0 Å². The van der Waals surface area contributed by atoms with Crippen molar-refractivity contribution in [2.45, 2.75) is 38.6 Å². The van der Waals surface area contributed by atoms with E-state index in [1.165, 1.54) is 6.07 Å². The Bertz CT molecular complexity index is 548. The molecule has 1 amide bonds. The highest BCUT2D eigenvalue weighted by Crippen LogP contribution is 2.27. The summed E-state index contributed by atoms with van der Waals surface area (Å²) in [4.78, 5) is 23.0. The van der Waals surface area contributed by atoms with Gasteiger partial charge in [-0.05, 0) is 31.2 Å². The number of aryl methyl sites for hydroxylation is 1. The van der Waals surface area contributed by atoms with E-state index >= 15 is 0 Å². The van der Waals surface area contributed by atoms with Crippen LogP contribution in [-0.2, 0) is 0 Å². The lowest BCUT2D eigenvalue weighted by atomic mass is 9.85. The van der Waals surface area contributed by atoms with Crippen molar-refractivity contribution in [2.24, 2.45) is 5.92 Å². The van der Waals surface area contributed by atoms with Crippen molar-refractivity contribution in [1.82, 2.24) is 5.32 Å². The molecule has 1 N–H and O–H groups in total. The molecule has 21 heavy (non-hydrogen) atoms. The standard InChI is InChI=1S/C15H19ClN2O3/c1-10-5-4-8-13(18(20)21)14(10)15(19)17-12-7-3-2-6-11(12)9-16/h4-5,8,11-12H,2-3,6-7,9H2,1H3,(H,17,19). The molecule has 0 aliphatic heterocycles. The lowest BCUT2D eigenvalue weighted by Crippen LogP contribution is -2.43. The average molecular weight is 311 g/mol. The lowest BCUT2D eigenvalue weighted by molar-refractivity contribution is -0.385. The van der Waals surface area contributed by atoms with Gasteiger partial charge in [0.05, 0.1) is 4.92 Å². The fourth-order valence-corrected chi connectivity index (χ4v) is 3.29. The number of carbonyl (C=O) groups excluding carboxylic acids is 1. The van der Waals surface area contributed by atoms with E-state index < -0.39 is 4.92 Å². The summed E-state index contributed by atoms with van der Waals surface area (Å²) in [5.74, 6) is 0.370. The first kappa shape index (κ1) is 15.8. The van der Waals surface area contributed by atoms with Crippen molar-refractivity contribution < 1.29 is 9.72 Å². The summed E-state index contributed by atoms with van der Waals surface area (Å²) in [6.07, 6.45) is 4.04. The molecular formula is C15H19ClN2O3. The number of carbonyl (C=O) groups is 1. The third-order valence-corrected chi connectivity index (χ3v) is 4.49. The molecule has 0 spiro atoms. The maximum Gasteiger partial charge on any atom is 0.282 e. The summed E-state index contributed by atoms with van der Waals surface area (Å²) in [5, 5.41) is 14.0. The molecule has 1 aromatic carbocycles. The predicted molar refractivity (Wildman–Crippen MR) is 81.8 cm³/mol. The van der Waals surface area contributed by atoms with Crippen LogP contribution in [0.25, 0.3) is 0 Å². The van der Waals surface area contributed by atoms with Crippen LogP contribution in [0.5, 0.6) is 0 Å². The number of hydrogen-bond acceptors (Lipinski definition) is 3. The van der Waals surface area contributed by atoms with Gasteiger partial charge in [0.1, 0.15) is 5.56 Å². The van der Waals surface area contributed by atoms with Crippen molar-refractivity contribution >= 4 is 23.2 Å². The minimum atomic E-state index is -0.512. The summed E-state index contributed by atoms with van der Waals surface area (Å²) in [5.41, 5.74) is 0.618. The molecule has 0 heterocycles. The van der Waals surface area contributed by atoms with Crippen LogP contribution in [0.2, 0.25) is 0 Å². The maximum atomic E-state index is 12.5. The van der Waals surface area contributed by atoms with Gasteiger partial charge >= 0.3 is 0 Å². The summed E-state index contributed by atoms with van der Waals surface area (Å²) in [7, 11) is 0. The first-order valence-corrected chi connectivity index (χ1v) is 7.69. The second kappa shape index (κ2) is 6.89. The zero-order chi connectivity index (χ0) is 15.4. The topological polar surface area (TPSA) is 72.2 Å². The number of rotatable bonds is 4. The quantitative estimate of drug-likeness (QED) is 0.526. The second-order valence-corrected chi connectivity index (χ2v) is 5.81. The Hall–Kier alpha value is -1.62. The molecule has 1 saturated carbocycles. The van der Waals surface area contributed by atoms with E-state index in [9.17, 15) is 14.9 Å². The van der Waals surface area contributed by atoms with Crippen LogP contribution >= 0.6 is 11.6 Å². The van der Waals surface area contributed by atoms with Gasteiger partial charge in [-0.15, -0.1) is 11.6 Å². The van der Waals surface area contributed by atoms with E-state index in [1.807, 2.05) is 0 Å². The molecule has 0 bridgehead atoms. The molecule has 2 rings (SSSR count). The minimum absolute atomic E-state index is 0.00274. The first-order chi connectivity index (χ1) is 10.0. The zero-order valence-electron chi connectivity index (χ0n) is 12.0. The van der Waals surface area contributed by atoms with Crippen LogP contribution in [0.3, 0.4) is 0 Å². The van der Waals surface area contributed by atoms with E-state index in [2.05, 4.69) is 5.32 Å². The summed E-state index contributed by atoms with van der Waals surface area (Å²) in [6, 6.07) is 4.67. The average Bonchev–Trinajstić information content (AvgIpc) is 2.47. The summed E-state index contributed by atoms with van der Waals surface area (Å²) in [6.45, 7) is 1.71. The van der Waals surface area contributed by atoms with E-state index in [4.69, 9.17) is 11.6 Å². The lowest BCUT2D eigenvalue weighted by Gasteiger charge is -2.30. The Morgan fingerprint density at radius 1 is 1.43 bits per heavy atom. The molecule has 114 valence electrons. The van der Waals surface area contributed by atoms with Crippen LogP contribution in [0.15, 0.2) is 18.2 Å². The van der Waals surface area contributed by atoms with Crippen molar-refractivity contribution in [3.05, 3.63) is 39.4 Å². The Morgan fingerprint density at radius 2 is 2.14 bits per heavy atom. The third-order valence-electron chi connectivity index (χ3n) is 4.10. The van der Waals surface area contributed by atoms with Crippen LogP contribution in [0, 0.1) is 23.0 Å². The smallest absolute Gasteiger partial charge is 0.282 e. The SMILES string of the molecule is Cc1cccc([N+](=O)[O-])c1C(=O)NC1CCCCC1CCl. The van der Waals surface area contributed by atoms with E-state index in [0.717, 1.165) is 25.7 Å². The van der Waals surface area contributed by atoms with Gasteiger partial charge in [0.15, 0.2) is 0 Å². The molecule has 1 fully saturated rings. The van der Waals surface area contributed by atoms with Gasteiger partial charge in [-0.1, -0.05) is 25.0 Å². The van der Waals surface area contributed by atoms with Crippen molar-refractivity contribution in [2.75, 3.05) is 5.88 Å². The second-order valence-electron chi connectivity index (χ2n) is 5.50. The Morgan fingerprint density at radius 3 is 2.81 bits per heavy atom. The van der Waals surface area contributed by atoms with Gasteiger partial charge in [-0.25, -0.2) is 0 Å². The molecule has 1 aromatic rings. The van der Waals surface area contributed by atoms with E-state index in [-0.39, 0.29) is 29.1 Å². The summed E-state index contributed by atoms with van der Waals surface area (Å²) >= 11 is 5.96. The molecule has 1 aliphatic carbocycles. The van der Waals surface area contributed by atoms with Gasteiger partial charge in [0.2, 0.25) is 0 Å². The minimum Gasteiger partial charge on any atom is -0.349 e. The van der Waals surface area contributed by atoms with Crippen molar-refractivity contribution in [3.8, 4) is 0 Å². The van der Waals surface area contributed by atoms with Gasteiger partial charge < -0.3 is 5.32 Å². The highest BCUT2D eigenvalue weighted by Gasteiger charge is 2.29. The molecule has 0 radical (unpaired) electrons. The number of nitrogens with zero attached hydrogens (tertiary/aromatic N) is 1. The number of nitrogens with one attached hydrogen (secondary N) is 1. The maximum absolute atomic E-state index is 12.5. The Labute approximate surface area is 128 Å². The van der Waals surface area contributed by atoms with E-state index in [1.54, 1.807) is 19.1 Å². The van der Waals surface area contributed by atoms with Crippen LogP contribution in [0.1, 0.15) is 41.6 Å². The Balaban J connectivity index is 2.22. The first-order valence-electron chi connectivity index (χ1n) is 7.15. The number of amides is 1. The van der Waals surface area contributed by atoms with Crippen LogP contribution in [0.4, 0.5) is 5.69 Å². The largest absolute Gasteiger partial charge is 0.349 e. The van der Waals surface area contributed by atoms with Gasteiger partial charge in [-0.2, -0.15) is 0 Å². The monoisotopic (exact) mass is 310 g/mol. The molecular weight excluding hydrogens is 292 g/mol. The van der Waals surface area contributed by atoms with Gasteiger partial charge in [-0.3, -0.25) is 14.9 Å². The van der Waals surface area contributed by atoms with Crippen molar-refractivity contribution in [1.29, 1.82) is 0 Å². The number of benzene rings is 1. The number of alkyl halides is 1. The normalized spacial score (nSPS) is 21.8. The van der Waals surface area contributed by atoms with Crippen LogP contribution in [-0.4, -0.2) is 22.8 Å². The molecule has 0 saturated heterocycles. The van der Waals surface area contributed by atoms with Gasteiger partial charge in [0.25, 0.3) is 11.6 Å².